The van der Waals surface area contributed by atoms with Crippen molar-refractivity contribution in [3.63, 3.8) is 0 Å². The van der Waals surface area contributed by atoms with Crippen LogP contribution in [0.4, 0.5) is 20.4 Å². The highest BCUT2D eigenvalue weighted by Gasteiger charge is 2.19. The van der Waals surface area contributed by atoms with Crippen molar-refractivity contribution < 1.29 is 13.9 Å². The first-order valence-electron chi connectivity index (χ1n) is 6.28. The second-order valence-corrected chi connectivity index (χ2v) is 5.24. The molecule has 1 rings (SSSR count). The molecular weight excluding hydrogens is 252 g/mol. The molecule has 0 saturated carbocycles. The summed E-state index contributed by atoms with van der Waals surface area (Å²) in [5, 5.41) is 14.3. The Kier molecular flexibility index (Phi) is 5.47. The molecule has 3 N–H and O–H groups in total. The Balaban J connectivity index is 2.72. The van der Waals surface area contributed by atoms with Crippen molar-refractivity contribution in [3.05, 3.63) is 17.7 Å². The van der Waals surface area contributed by atoms with E-state index in [2.05, 4.69) is 15.6 Å². The number of hydrogen-bond acceptors (Lipinski definition) is 4. The molecule has 0 aliphatic rings. The Morgan fingerprint density at radius 3 is 2.47 bits per heavy atom. The van der Waals surface area contributed by atoms with Crippen molar-refractivity contribution in [1.29, 1.82) is 0 Å². The average Bonchev–Trinajstić information content (AvgIpc) is 2.35. The van der Waals surface area contributed by atoms with Gasteiger partial charge in [-0.1, -0.05) is 13.8 Å². The van der Waals surface area contributed by atoms with Crippen LogP contribution in [0.15, 0.2) is 6.07 Å². The molecule has 0 amide bonds. The van der Waals surface area contributed by atoms with E-state index in [1.165, 1.54) is 7.05 Å². The minimum Gasteiger partial charge on any atom is -0.396 e. The zero-order valence-corrected chi connectivity index (χ0v) is 11.6. The summed E-state index contributed by atoms with van der Waals surface area (Å²) in [5.41, 5.74) is -0.106. The Labute approximate surface area is 112 Å². The molecule has 1 aromatic rings. The minimum atomic E-state index is -0.718. The molecule has 0 bridgehead atoms. The number of aliphatic hydroxyl groups is 1. The summed E-state index contributed by atoms with van der Waals surface area (Å²) in [5.74, 6) is -1.39. The van der Waals surface area contributed by atoms with E-state index in [4.69, 9.17) is 5.11 Å². The van der Waals surface area contributed by atoms with Gasteiger partial charge in [-0.15, -0.1) is 0 Å². The second-order valence-electron chi connectivity index (χ2n) is 5.24. The van der Waals surface area contributed by atoms with Gasteiger partial charge in [0.2, 0.25) is 0 Å². The van der Waals surface area contributed by atoms with Gasteiger partial charge in [-0.25, -0.2) is 13.8 Å². The van der Waals surface area contributed by atoms with E-state index < -0.39 is 11.6 Å². The Hall–Kier alpha value is -1.43. The molecule has 108 valence electrons. The maximum Gasteiger partial charge on any atom is 0.168 e. The average molecular weight is 273 g/mol. The van der Waals surface area contributed by atoms with Crippen LogP contribution >= 0.6 is 0 Å². The summed E-state index contributed by atoms with van der Waals surface area (Å²) in [4.78, 5) is 3.85. The van der Waals surface area contributed by atoms with Gasteiger partial charge in [0.1, 0.15) is 0 Å². The smallest absolute Gasteiger partial charge is 0.168 e. The zero-order chi connectivity index (χ0) is 14.5. The lowest BCUT2D eigenvalue weighted by Gasteiger charge is -2.25. The lowest BCUT2D eigenvalue weighted by atomic mass is 9.88. The molecule has 0 aliphatic carbocycles. The van der Waals surface area contributed by atoms with Gasteiger partial charge in [0.05, 0.1) is 0 Å². The summed E-state index contributed by atoms with van der Waals surface area (Å²) >= 11 is 0. The van der Waals surface area contributed by atoms with E-state index >= 15 is 0 Å². The normalized spacial score (nSPS) is 11.5. The van der Waals surface area contributed by atoms with Gasteiger partial charge in [0.25, 0.3) is 0 Å². The fourth-order valence-electron chi connectivity index (χ4n) is 1.73. The summed E-state index contributed by atoms with van der Waals surface area (Å²) in [6, 6.07) is 0.807. The van der Waals surface area contributed by atoms with Crippen molar-refractivity contribution in [2.75, 3.05) is 30.8 Å². The fourth-order valence-corrected chi connectivity index (χ4v) is 1.73. The number of anilines is 2. The Morgan fingerprint density at radius 2 is 1.89 bits per heavy atom. The number of halogens is 2. The predicted molar refractivity (Wildman–Crippen MR) is 72.3 cm³/mol. The largest absolute Gasteiger partial charge is 0.396 e. The van der Waals surface area contributed by atoms with Crippen molar-refractivity contribution in [2.24, 2.45) is 5.41 Å². The minimum absolute atomic E-state index is 0.0112. The standard InChI is InChI=1S/C13H21F2N3O/c1-13(2,5-4-6-19)8-17-12-10(15)7-9(14)11(16-3)18-12/h7,19H,4-6,8H2,1-3H3,(H2,16,17,18). The molecule has 4 nitrogen and oxygen atoms in total. The van der Waals surface area contributed by atoms with Crippen molar-refractivity contribution in [1.82, 2.24) is 4.98 Å². The quantitative estimate of drug-likeness (QED) is 0.715. The van der Waals surface area contributed by atoms with E-state index in [0.717, 1.165) is 12.5 Å². The van der Waals surface area contributed by atoms with Crippen LogP contribution in [-0.2, 0) is 0 Å². The first-order valence-corrected chi connectivity index (χ1v) is 6.28. The first kappa shape index (κ1) is 15.6. The molecule has 6 heteroatoms. The van der Waals surface area contributed by atoms with Gasteiger partial charge in [0, 0.05) is 26.3 Å². The van der Waals surface area contributed by atoms with Crippen LogP contribution in [0.3, 0.4) is 0 Å². The van der Waals surface area contributed by atoms with Crippen molar-refractivity contribution >= 4 is 11.6 Å². The molecule has 0 spiro atoms. The number of aromatic nitrogens is 1. The van der Waals surface area contributed by atoms with Gasteiger partial charge in [0.15, 0.2) is 23.3 Å². The maximum atomic E-state index is 13.6. The number of aliphatic hydroxyl groups excluding tert-OH is 1. The van der Waals surface area contributed by atoms with Gasteiger partial charge in [-0.3, -0.25) is 0 Å². The number of rotatable bonds is 7. The molecule has 0 saturated heterocycles. The number of hydrogen-bond donors (Lipinski definition) is 3. The van der Waals surface area contributed by atoms with Gasteiger partial charge in [-0.2, -0.15) is 0 Å². The lowest BCUT2D eigenvalue weighted by Crippen LogP contribution is -2.24. The third-order valence-corrected chi connectivity index (χ3v) is 2.91. The van der Waals surface area contributed by atoms with Crippen LogP contribution < -0.4 is 10.6 Å². The monoisotopic (exact) mass is 273 g/mol. The topological polar surface area (TPSA) is 57.2 Å². The third-order valence-electron chi connectivity index (χ3n) is 2.91. The summed E-state index contributed by atoms with van der Waals surface area (Å²) < 4.78 is 26.8. The first-order chi connectivity index (χ1) is 8.89. The van der Waals surface area contributed by atoms with Crippen LogP contribution in [0.2, 0.25) is 0 Å². The van der Waals surface area contributed by atoms with Crippen LogP contribution in [0.25, 0.3) is 0 Å². The number of pyridine rings is 1. The summed E-state index contributed by atoms with van der Waals surface area (Å²) in [6.45, 7) is 4.65. The van der Waals surface area contributed by atoms with E-state index in [1.54, 1.807) is 0 Å². The molecule has 0 fully saturated rings. The van der Waals surface area contributed by atoms with Crippen LogP contribution in [0.1, 0.15) is 26.7 Å². The highest BCUT2D eigenvalue weighted by Crippen LogP contribution is 2.24. The van der Waals surface area contributed by atoms with E-state index in [9.17, 15) is 8.78 Å². The van der Waals surface area contributed by atoms with Crippen LogP contribution in [0, 0.1) is 17.0 Å². The third kappa shape index (κ3) is 4.63. The molecule has 0 atom stereocenters. The van der Waals surface area contributed by atoms with Gasteiger partial charge < -0.3 is 15.7 Å². The van der Waals surface area contributed by atoms with Crippen LogP contribution in [-0.4, -0.2) is 30.3 Å². The zero-order valence-electron chi connectivity index (χ0n) is 11.6. The second kappa shape index (κ2) is 6.65. The number of nitrogens with one attached hydrogen (secondary N) is 2. The molecule has 19 heavy (non-hydrogen) atoms. The van der Waals surface area contributed by atoms with Gasteiger partial charge >= 0.3 is 0 Å². The highest BCUT2D eigenvalue weighted by atomic mass is 19.1. The van der Waals surface area contributed by atoms with Gasteiger partial charge in [-0.05, 0) is 18.3 Å². The van der Waals surface area contributed by atoms with Crippen molar-refractivity contribution in [3.8, 4) is 0 Å². The summed E-state index contributed by atoms with van der Waals surface area (Å²) in [6.07, 6.45) is 1.49. The van der Waals surface area contributed by atoms with E-state index in [1.807, 2.05) is 13.8 Å². The molecule has 1 aromatic heterocycles. The maximum absolute atomic E-state index is 13.6. The molecule has 0 radical (unpaired) electrons. The Bertz CT molecular complexity index is 425. The highest BCUT2D eigenvalue weighted by molar-refractivity contribution is 5.47. The molecular formula is C13H21F2N3O. The predicted octanol–water partition coefficient (Wildman–Crippen LogP) is 2.61. The molecule has 0 unspecified atom stereocenters. The summed E-state index contributed by atoms with van der Waals surface area (Å²) in [7, 11) is 1.53. The van der Waals surface area contributed by atoms with Crippen molar-refractivity contribution in [2.45, 2.75) is 26.7 Å². The number of nitrogens with zero attached hydrogens (tertiary/aromatic N) is 1. The molecule has 0 aliphatic heterocycles. The molecule has 0 aromatic carbocycles. The van der Waals surface area contributed by atoms with E-state index in [0.29, 0.717) is 13.0 Å². The van der Waals surface area contributed by atoms with Crippen LogP contribution in [0.5, 0.6) is 0 Å². The lowest BCUT2D eigenvalue weighted by molar-refractivity contribution is 0.247. The fraction of sp³-hybridized carbons (Fsp3) is 0.615. The SMILES string of the molecule is CNc1nc(NCC(C)(C)CCCO)c(F)cc1F. The molecule has 1 heterocycles. The van der Waals surface area contributed by atoms with E-state index in [-0.39, 0.29) is 23.7 Å². The Morgan fingerprint density at radius 1 is 1.26 bits per heavy atom.